The van der Waals surface area contributed by atoms with Gasteiger partial charge in [0.1, 0.15) is 5.69 Å². The SMILES string of the molecule is CC(=O)c1ccc(Nc2nnc(-c3ccc(-c4ccc(C)cc4)cc3)c3ccccc23)cc1. The third kappa shape index (κ3) is 4.23. The summed E-state index contributed by atoms with van der Waals surface area (Å²) in [5.74, 6) is 0.728. The number of ketones is 1. The molecule has 1 N–H and O–H groups in total. The Hall–Kier alpha value is -4.31. The Bertz CT molecular complexity index is 1440. The van der Waals surface area contributed by atoms with E-state index in [2.05, 4.69) is 77.0 Å². The highest BCUT2D eigenvalue weighted by Crippen LogP contribution is 2.32. The number of hydrogen-bond acceptors (Lipinski definition) is 4. The number of hydrogen-bond donors (Lipinski definition) is 1. The summed E-state index contributed by atoms with van der Waals surface area (Å²) < 4.78 is 0. The fraction of sp³-hybridized carbons (Fsp3) is 0.0690. The summed E-state index contributed by atoms with van der Waals surface area (Å²) in [6.45, 7) is 3.66. The van der Waals surface area contributed by atoms with Crippen molar-refractivity contribution in [1.29, 1.82) is 0 Å². The Labute approximate surface area is 192 Å². The van der Waals surface area contributed by atoms with Crippen LogP contribution in [0.25, 0.3) is 33.2 Å². The molecule has 0 saturated heterocycles. The maximum atomic E-state index is 11.5. The van der Waals surface area contributed by atoms with E-state index in [-0.39, 0.29) is 5.78 Å². The van der Waals surface area contributed by atoms with Gasteiger partial charge in [-0.25, -0.2) is 0 Å². The summed E-state index contributed by atoms with van der Waals surface area (Å²) in [5, 5.41) is 14.4. The van der Waals surface area contributed by atoms with Crippen molar-refractivity contribution in [3.8, 4) is 22.4 Å². The first kappa shape index (κ1) is 20.6. The molecule has 0 fully saturated rings. The van der Waals surface area contributed by atoms with Crippen molar-refractivity contribution in [3.05, 3.63) is 108 Å². The first-order chi connectivity index (χ1) is 16.1. The maximum Gasteiger partial charge on any atom is 0.161 e. The van der Waals surface area contributed by atoms with Crippen LogP contribution in [0.3, 0.4) is 0 Å². The summed E-state index contributed by atoms with van der Waals surface area (Å²) in [5.41, 5.74) is 7.02. The van der Waals surface area contributed by atoms with E-state index in [9.17, 15) is 4.79 Å². The number of fused-ring (bicyclic) bond motifs is 1. The minimum absolute atomic E-state index is 0.0459. The number of aromatic nitrogens is 2. The van der Waals surface area contributed by atoms with Gasteiger partial charge in [0.15, 0.2) is 11.6 Å². The number of carbonyl (C=O) groups is 1. The molecule has 1 heterocycles. The van der Waals surface area contributed by atoms with Crippen LogP contribution >= 0.6 is 0 Å². The van der Waals surface area contributed by atoms with Crippen LogP contribution in [0.2, 0.25) is 0 Å². The van der Waals surface area contributed by atoms with Crippen LogP contribution in [0.15, 0.2) is 97.1 Å². The summed E-state index contributed by atoms with van der Waals surface area (Å²) >= 11 is 0. The summed E-state index contributed by atoms with van der Waals surface area (Å²) in [6.07, 6.45) is 0. The molecule has 160 valence electrons. The molecular weight excluding hydrogens is 406 g/mol. The lowest BCUT2D eigenvalue weighted by atomic mass is 10.00. The zero-order valence-electron chi connectivity index (χ0n) is 18.5. The second-order valence-electron chi connectivity index (χ2n) is 8.14. The number of rotatable bonds is 5. The summed E-state index contributed by atoms with van der Waals surface area (Å²) in [6, 6.07) is 32.5. The molecule has 0 aliphatic rings. The van der Waals surface area contributed by atoms with Crippen molar-refractivity contribution >= 4 is 28.1 Å². The lowest BCUT2D eigenvalue weighted by Gasteiger charge is -2.12. The molecule has 0 aliphatic carbocycles. The highest BCUT2D eigenvalue weighted by molar-refractivity contribution is 6.01. The number of Topliss-reactive ketones (excluding diaryl/α,β-unsaturated/α-hetero) is 1. The van der Waals surface area contributed by atoms with Gasteiger partial charge < -0.3 is 5.32 Å². The molecule has 0 amide bonds. The Morgan fingerprint density at radius 1 is 0.667 bits per heavy atom. The standard InChI is InChI=1S/C29H23N3O/c1-19-7-9-22(10-8-19)23-11-13-24(14-12-23)28-26-5-3-4-6-27(26)29(32-31-28)30-25-17-15-21(16-18-25)20(2)33/h3-18H,1-2H3,(H,30,32). The Balaban J connectivity index is 1.49. The molecule has 4 nitrogen and oxygen atoms in total. The normalized spacial score (nSPS) is 10.8. The molecule has 0 bridgehead atoms. The van der Waals surface area contributed by atoms with Crippen molar-refractivity contribution in [3.63, 3.8) is 0 Å². The topological polar surface area (TPSA) is 54.9 Å². The number of anilines is 2. The second kappa shape index (κ2) is 8.67. The van der Waals surface area contributed by atoms with Gasteiger partial charge in [-0.15, -0.1) is 10.2 Å². The van der Waals surface area contributed by atoms with Crippen molar-refractivity contribution in [2.24, 2.45) is 0 Å². The molecule has 0 spiro atoms. The monoisotopic (exact) mass is 429 g/mol. The lowest BCUT2D eigenvalue weighted by molar-refractivity contribution is 0.101. The van der Waals surface area contributed by atoms with Crippen molar-refractivity contribution in [1.82, 2.24) is 10.2 Å². The smallest absolute Gasteiger partial charge is 0.161 e. The van der Waals surface area contributed by atoms with E-state index >= 15 is 0 Å². The first-order valence-corrected chi connectivity index (χ1v) is 10.9. The number of aryl methyl sites for hydroxylation is 1. The van der Waals surface area contributed by atoms with Gasteiger partial charge in [-0.3, -0.25) is 4.79 Å². The minimum Gasteiger partial charge on any atom is -0.338 e. The molecule has 0 radical (unpaired) electrons. The Morgan fingerprint density at radius 2 is 1.24 bits per heavy atom. The predicted molar refractivity (Wildman–Crippen MR) is 135 cm³/mol. The Kier molecular flexibility index (Phi) is 5.41. The molecule has 0 unspecified atom stereocenters. The van der Waals surface area contributed by atoms with E-state index in [1.807, 2.05) is 42.5 Å². The van der Waals surface area contributed by atoms with Crippen molar-refractivity contribution in [2.45, 2.75) is 13.8 Å². The van der Waals surface area contributed by atoms with Gasteiger partial charge in [0.25, 0.3) is 0 Å². The van der Waals surface area contributed by atoms with Crippen LogP contribution < -0.4 is 5.32 Å². The Morgan fingerprint density at radius 3 is 1.88 bits per heavy atom. The van der Waals surface area contributed by atoms with Crippen LogP contribution in [0.4, 0.5) is 11.5 Å². The molecule has 0 atom stereocenters. The van der Waals surface area contributed by atoms with Gasteiger partial charge in [0.2, 0.25) is 0 Å². The number of nitrogens with one attached hydrogen (secondary N) is 1. The molecule has 5 aromatic rings. The molecule has 5 rings (SSSR count). The molecular formula is C29H23N3O. The van der Waals surface area contributed by atoms with Crippen molar-refractivity contribution in [2.75, 3.05) is 5.32 Å². The molecule has 33 heavy (non-hydrogen) atoms. The third-order valence-electron chi connectivity index (χ3n) is 5.78. The van der Waals surface area contributed by atoms with E-state index in [0.717, 1.165) is 27.7 Å². The van der Waals surface area contributed by atoms with Crippen LogP contribution in [-0.4, -0.2) is 16.0 Å². The van der Waals surface area contributed by atoms with Gasteiger partial charge in [-0.05, 0) is 49.2 Å². The number of carbonyl (C=O) groups excluding carboxylic acids is 1. The zero-order valence-corrected chi connectivity index (χ0v) is 18.5. The van der Waals surface area contributed by atoms with E-state index in [1.165, 1.54) is 16.7 Å². The second-order valence-corrected chi connectivity index (χ2v) is 8.14. The van der Waals surface area contributed by atoms with Gasteiger partial charge >= 0.3 is 0 Å². The predicted octanol–water partition coefficient (Wildman–Crippen LogP) is 7.22. The van der Waals surface area contributed by atoms with Crippen LogP contribution in [0.5, 0.6) is 0 Å². The molecule has 4 heteroatoms. The highest BCUT2D eigenvalue weighted by atomic mass is 16.1. The van der Waals surface area contributed by atoms with Crippen LogP contribution in [0.1, 0.15) is 22.8 Å². The lowest BCUT2D eigenvalue weighted by Crippen LogP contribution is -2.00. The fourth-order valence-corrected chi connectivity index (χ4v) is 3.90. The molecule has 0 saturated carbocycles. The fourth-order valence-electron chi connectivity index (χ4n) is 3.90. The van der Waals surface area contributed by atoms with E-state index in [4.69, 9.17) is 0 Å². The van der Waals surface area contributed by atoms with E-state index < -0.39 is 0 Å². The van der Waals surface area contributed by atoms with Crippen LogP contribution in [0, 0.1) is 6.92 Å². The quantitative estimate of drug-likeness (QED) is 0.300. The van der Waals surface area contributed by atoms with Crippen molar-refractivity contribution < 1.29 is 4.79 Å². The van der Waals surface area contributed by atoms with Gasteiger partial charge in [0, 0.05) is 27.6 Å². The first-order valence-electron chi connectivity index (χ1n) is 10.9. The van der Waals surface area contributed by atoms with E-state index in [1.54, 1.807) is 6.92 Å². The minimum atomic E-state index is 0.0459. The zero-order chi connectivity index (χ0) is 22.8. The molecule has 4 aromatic carbocycles. The maximum absolute atomic E-state index is 11.5. The van der Waals surface area contributed by atoms with Gasteiger partial charge in [0.05, 0.1) is 0 Å². The highest BCUT2D eigenvalue weighted by Gasteiger charge is 2.12. The average Bonchev–Trinajstić information content (AvgIpc) is 2.85. The van der Waals surface area contributed by atoms with Crippen LogP contribution in [-0.2, 0) is 0 Å². The van der Waals surface area contributed by atoms with Gasteiger partial charge in [-0.1, -0.05) is 78.4 Å². The number of nitrogens with zero attached hydrogens (tertiary/aromatic N) is 2. The summed E-state index contributed by atoms with van der Waals surface area (Å²) in [7, 11) is 0. The largest absolute Gasteiger partial charge is 0.338 e. The molecule has 1 aromatic heterocycles. The van der Waals surface area contributed by atoms with E-state index in [0.29, 0.717) is 11.4 Å². The third-order valence-corrected chi connectivity index (χ3v) is 5.78. The molecule has 0 aliphatic heterocycles. The average molecular weight is 430 g/mol. The van der Waals surface area contributed by atoms with Gasteiger partial charge in [-0.2, -0.15) is 0 Å². The summed E-state index contributed by atoms with van der Waals surface area (Å²) in [4.78, 5) is 11.5. The number of benzene rings is 4.